The van der Waals surface area contributed by atoms with Gasteiger partial charge in [0.15, 0.2) is 0 Å². The van der Waals surface area contributed by atoms with Gasteiger partial charge in [0, 0.05) is 12.4 Å². The van der Waals surface area contributed by atoms with Gasteiger partial charge in [0.25, 0.3) is 0 Å². The molecule has 1 saturated heterocycles. The predicted octanol–water partition coefficient (Wildman–Crippen LogP) is 0.146. The number of nitrogens with one attached hydrogen (secondary N) is 1. The van der Waals surface area contributed by atoms with E-state index in [4.69, 9.17) is 5.73 Å². The molecule has 2 rings (SSSR count). The Labute approximate surface area is 82.5 Å². The summed E-state index contributed by atoms with van der Waals surface area (Å²) in [6, 6.07) is 3.70. The third-order valence-corrected chi connectivity index (χ3v) is 2.73. The Kier molecular flexibility index (Phi) is 2.21. The van der Waals surface area contributed by atoms with Crippen LogP contribution in [0.5, 0.6) is 0 Å². The number of carbonyl (C=O) groups excluding carboxylic acids is 1. The molecule has 4 nitrogen and oxygen atoms in total. The zero-order valence-electron chi connectivity index (χ0n) is 7.86. The molecule has 0 spiro atoms. The van der Waals surface area contributed by atoms with Crippen molar-refractivity contribution in [3.05, 3.63) is 30.1 Å². The van der Waals surface area contributed by atoms with Crippen LogP contribution in [0.3, 0.4) is 0 Å². The number of primary amides is 1. The SMILES string of the molecule is NC(=O)C1(c2cccnc2)CCCN1. The normalized spacial score (nSPS) is 26.3. The quantitative estimate of drug-likeness (QED) is 0.699. The summed E-state index contributed by atoms with van der Waals surface area (Å²) in [5, 5.41) is 3.17. The fourth-order valence-corrected chi connectivity index (χ4v) is 1.96. The number of aromatic nitrogens is 1. The second-order valence-electron chi connectivity index (χ2n) is 3.54. The van der Waals surface area contributed by atoms with E-state index in [1.54, 1.807) is 12.4 Å². The summed E-state index contributed by atoms with van der Waals surface area (Å²) in [7, 11) is 0. The first-order valence-corrected chi connectivity index (χ1v) is 4.71. The lowest BCUT2D eigenvalue weighted by Crippen LogP contribution is -2.48. The fourth-order valence-electron chi connectivity index (χ4n) is 1.96. The summed E-state index contributed by atoms with van der Waals surface area (Å²) in [4.78, 5) is 15.5. The highest BCUT2D eigenvalue weighted by molar-refractivity contribution is 5.86. The average Bonchev–Trinajstić information content (AvgIpc) is 2.69. The van der Waals surface area contributed by atoms with Crippen LogP contribution < -0.4 is 11.1 Å². The maximum Gasteiger partial charge on any atom is 0.242 e. The minimum absolute atomic E-state index is 0.317. The summed E-state index contributed by atoms with van der Waals surface area (Å²) in [6.45, 7) is 0.831. The molecular weight excluding hydrogens is 178 g/mol. The number of hydrogen-bond acceptors (Lipinski definition) is 3. The highest BCUT2D eigenvalue weighted by Gasteiger charge is 2.41. The van der Waals surface area contributed by atoms with Crippen molar-refractivity contribution >= 4 is 5.91 Å². The molecule has 0 radical (unpaired) electrons. The lowest BCUT2D eigenvalue weighted by molar-refractivity contribution is -0.124. The molecule has 0 aromatic carbocycles. The van der Waals surface area contributed by atoms with Crippen LogP contribution in [0.15, 0.2) is 24.5 Å². The zero-order valence-corrected chi connectivity index (χ0v) is 7.86. The van der Waals surface area contributed by atoms with Crippen molar-refractivity contribution in [2.75, 3.05) is 6.54 Å². The van der Waals surface area contributed by atoms with Gasteiger partial charge in [-0.15, -0.1) is 0 Å². The topological polar surface area (TPSA) is 68.0 Å². The van der Waals surface area contributed by atoms with Crippen molar-refractivity contribution in [1.82, 2.24) is 10.3 Å². The first-order valence-electron chi connectivity index (χ1n) is 4.71. The van der Waals surface area contributed by atoms with E-state index in [1.165, 1.54) is 0 Å². The van der Waals surface area contributed by atoms with Gasteiger partial charge in [-0.3, -0.25) is 15.1 Å². The van der Waals surface area contributed by atoms with E-state index in [-0.39, 0.29) is 5.91 Å². The number of nitrogens with zero attached hydrogens (tertiary/aromatic N) is 1. The van der Waals surface area contributed by atoms with Crippen molar-refractivity contribution in [3.63, 3.8) is 0 Å². The molecule has 0 saturated carbocycles. The van der Waals surface area contributed by atoms with Crippen molar-refractivity contribution in [3.8, 4) is 0 Å². The van der Waals surface area contributed by atoms with Gasteiger partial charge in [0.2, 0.25) is 5.91 Å². The Bertz CT molecular complexity index is 330. The molecule has 1 aromatic rings. The molecule has 2 heterocycles. The first kappa shape index (κ1) is 9.15. The Morgan fingerprint density at radius 1 is 1.64 bits per heavy atom. The summed E-state index contributed by atoms with van der Waals surface area (Å²) in [5.41, 5.74) is 5.62. The van der Waals surface area contributed by atoms with Gasteiger partial charge in [-0.1, -0.05) is 6.07 Å². The van der Waals surface area contributed by atoms with Crippen LogP contribution in [0.1, 0.15) is 18.4 Å². The molecule has 1 unspecified atom stereocenters. The van der Waals surface area contributed by atoms with E-state index in [0.29, 0.717) is 0 Å². The Balaban J connectivity index is 2.42. The van der Waals surface area contributed by atoms with E-state index in [9.17, 15) is 4.79 Å². The standard InChI is InChI=1S/C10H13N3O/c11-9(14)10(4-2-6-13-10)8-3-1-5-12-7-8/h1,3,5,7,13H,2,4,6H2,(H2,11,14). The van der Waals surface area contributed by atoms with Crippen LogP contribution in [0, 0.1) is 0 Å². The van der Waals surface area contributed by atoms with E-state index in [0.717, 1.165) is 24.9 Å². The van der Waals surface area contributed by atoms with Crippen molar-refractivity contribution < 1.29 is 4.79 Å². The van der Waals surface area contributed by atoms with Crippen LogP contribution in [0.2, 0.25) is 0 Å². The summed E-state index contributed by atoms with van der Waals surface area (Å²) in [6.07, 6.45) is 5.11. The van der Waals surface area contributed by atoms with Gasteiger partial charge in [-0.25, -0.2) is 0 Å². The van der Waals surface area contributed by atoms with Crippen LogP contribution in [-0.2, 0) is 10.3 Å². The Morgan fingerprint density at radius 2 is 2.50 bits per heavy atom. The van der Waals surface area contributed by atoms with E-state index >= 15 is 0 Å². The van der Waals surface area contributed by atoms with Crippen molar-refractivity contribution in [2.45, 2.75) is 18.4 Å². The van der Waals surface area contributed by atoms with Crippen molar-refractivity contribution in [2.24, 2.45) is 5.73 Å². The number of rotatable bonds is 2. The van der Waals surface area contributed by atoms with Crippen LogP contribution in [-0.4, -0.2) is 17.4 Å². The second-order valence-corrected chi connectivity index (χ2v) is 3.54. The largest absolute Gasteiger partial charge is 0.368 e. The monoisotopic (exact) mass is 191 g/mol. The summed E-state index contributed by atoms with van der Waals surface area (Å²) in [5.74, 6) is -0.317. The third kappa shape index (κ3) is 1.28. The second kappa shape index (κ2) is 3.38. The van der Waals surface area contributed by atoms with Gasteiger partial charge < -0.3 is 5.73 Å². The number of amides is 1. The average molecular weight is 191 g/mol. The molecule has 74 valence electrons. The van der Waals surface area contributed by atoms with Crippen LogP contribution >= 0.6 is 0 Å². The van der Waals surface area contributed by atoms with E-state index in [1.807, 2.05) is 12.1 Å². The molecule has 1 aliphatic heterocycles. The first-order chi connectivity index (χ1) is 6.76. The van der Waals surface area contributed by atoms with E-state index in [2.05, 4.69) is 10.3 Å². The van der Waals surface area contributed by atoms with E-state index < -0.39 is 5.54 Å². The maximum atomic E-state index is 11.5. The molecule has 3 N–H and O–H groups in total. The van der Waals surface area contributed by atoms with Gasteiger partial charge in [-0.2, -0.15) is 0 Å². The maximum absolute atomic E-state index is 11.5. The van der Waals surface area contributed by atoms with Gasteiger partial charge in [0.05, 0.1) is 0 Å². The molecule has 1 aromatic heterocycles. The van der Waals surface area contributed by atoms with Crippen LogP contribution in [0.25, 0.3) is 0 Å². The molecule has 1 aliphatic rings. The number of nitrogens with two attached hydrogens (primary N) is 1. The fraction of sp³-hybridized carbons (Fsp3) is 0.400. The summed E-state index contributed by atoms with van der Waals surface area (Å²) >= 11 is 0. The zero-order chi connectivity index (χ0) is 10.0. The lowest BCUT2D eigenvalue weighted by Gasteiger charge is -2.25. The molecule has 14 heavy (non-hydrogen) atoms. The van der Waals surface area contributed by atoms with Gasteiger partial charge in [-0.05, 0) is 31.0 Å². The van der Waals surface area contributed by atoms with Gasteiger partial charge in [0.1, 0.15) is 5.54 Å². The Morgan fingerprint density at radius 3 is 3.00 bits per heavy atom. The Hall–Kier alpha value is -1.42. The molecule has 1 atom stereocenters. The number of carbonyl (C=O) groups is 1. The summed E-state index contributed by atoms with van der Waals surface area (Å²) < 4.78 is 0. The molecule has 0 aliphatic carbocycles. The van der Waals surface area contributed by atoms with Crippen molar-refractivity contribution in [1.29, 1.82) is 0 Å². The lowest BCUT2D eigenvalue weighted by atomic mass is 9.89. The number of hydrogen-bond donors (Lipinski definition) is 2. The molecular formula is C10H13N3O. The molecule has 1 fully saturated rings. The molecule has 1 amide bonds. The molecule has 4 heteroatoms. The highest BCUT2D eigenvalue weighted by atomic mass is 16.1. The smallest absolute Gasteiger partial charge is 0.242 e. The minimum atomic E-state index is -0.686. The predicted molar refractivity (Wildman–Crippen MR) is 52.3 cm³/mol. The third-order valence-electron chi connectivity index (χ3n) is 2.73. The number of pyridine rings is 1. The highest BCUT2D eigenvalue weighted by Crippen LogP contribution is 2.29. The minimum Gasteiger partial charge on any atom is -0.368 e. The van der Waals surface area contributed by atoms with Crippen LogP contribution in [0.4, 0.5) is 0 Å². The van der Waals surface area contributed by atoms with Gasteiger partial charge >= 0.3 is 0 Å². The molecule has 0 bridgehead atoms.